The summed E-state index contributed by atoms with van der Waals surface area (Å²) in [5.74, 6) is 0.224. The van der Waals surface area contributed by atoms with Crippen molar-refractivity contribution < 1.29 is 9.59 Å². The molecule has 2 rings (SSSR count). The number of hydrogen-bond acceptors (Lipinski definition) is 4. The van der Waals surface area contributed by atoms with Gasteiger partial charge in [0.25, 0.3) is 0 Å². The van der Waals surface area contributed by atoms with Gasteiger partial charge in [-0.2, -0.15) is 5.10 Å². The van der Waals surface area contributed by atoms with Crippen molar-refractivity contribution in [3.05, 3.63) is 23.5 Å². The van der Waals surface area contributed by atoms with Gasteiger partial charge >= 0.3 is 0 Å². The molecule has 0 radical (unpaired) electrons. The smallest absolute Gasteiger partial charge is 0.222 e. The summed E-state index contributed by atoms with van der Waals surface area (Å²) in [4.78, 5) is 25.3. The Labute approximate surface area is 112 Å². The molecule has 0 fully saturated rings. The number of hydrogen-bond donors (Lipinski definition) is 1. The van der Waals surface area contributed by atoms with Crippen molar-refractivity contribution in [1.29, 1.82) is 0 Å². The highest BCUT2D eigenvalue weighted by Gasteiger charge is 2.22. The molecule has 1 aliphatic heterocycles. The number of allylic oxidation sites excluding steroid dienone is 1. The molecule has 0 aromatic carbocycles. The lowest BCUT2D eigenvalue weighted by atomic mass is 10.1. The zero-order chi connectivity index (χ0) is 14.0. The SMILES string of the molecule is CC(=O)Nc1cc2n(n1)CCCC(=CN(C)C)C2=O. The summed E-state index contributed by atoms with van der Waals surface area (Å²) in [6.45, 7) is 2.11. The van der Waals surface area contributed by atoms with Gasteiger partial charge in [0.2, 0.25) is 11.7 Å². The van der Waals surface area contributed by atoms with Crippen LogP contribution in [0.15, 0.2) is 17.8 Å². The third kappa shape index (κ3) is 3.01. The first-order chi connectivity index (χ1) is 8.97. The van der Waals surface area contributed by atoms with Gasteiger partial charge in [-0.25, -0.2) is 0 Å². The summed E-state index contributed by atoms with van der Waals surface area (Å²) in [6, 6.07) is 1.64. The summed E-state index contributed by atoms with van der Waals surface area (Å²) in [6.07, 6.45) is 3.46. The molecule has 0 saturated heterocycles. The number of rotatable bonds is 2. The summed E-state index contributed by atoms with van der Waals surface area (Å²) >= 11 is 0. The Morgan fingerprint density at radius 2 is 2.26 bits per heavy atom. The van der Waals surface area contributed by atoms with Gasteiger partial charge in [0.15, 0.2) is 5.82 Å². The Bertz CT molecular complexity index is 543. The fourth-order valence-electron chi connectivity index (χ4n) is 2.14. The van der Waals surface area contributed by atoms with Crippen LogP contribution in [0, 0.1) is 0 Å². The van der Waals surface area contributed by atoms with Crippen molar-refractivity contribution >= 4 is 17.5 Å². The molecule has 6 nitrogen and oxygen atoms in total. The molecule has 0 atom stereocenters. The van der Waals surface area contributed by atoms with Gasteiger partial charge in [-0.15, -0.1) is 0 Å². The summed E-state index contributed by atoms with van der Waals surface area (Å²) < 4.78 is 1.67. The zero-order valence-corrected chi connectivity index (χ0v) is 11.4. The first-order valence-corrected chi connectivity index (χ1v) is 6.24. The van der Waals surface area contributed by atoms with Crippen molar-refractivity contribution in [3.8, 4) is 0 Å². The quantitative estimate of drug-likeness (QED) is 0.815. The number of anilines is 1. The number of aromatic nitrogens is 2. The minimum atomic E-state index is -0.190. The molecule has 0 spiro atoms. The third-order valence-electron chi connectivity index (χ3n) is 2.84. The fraction of sp³-hybridized carbons (Fsp3) is 0.462. The van der Waals surface area contributed by atoms with Crippen LogP contribution in [-0.2, 0) is 11.3 Å². The minimum absolute atomic E-state index is 0.0182. The molecule has 1 aromatic rings. The Hall–Kier alpha value is -2.11. The number of ketones is 1. The van der Waals surface area contributed by atoms with Gasteiger partial charge in [-0.05, 0) is 12.8 Å². The van der Waals surface area contributed by atoms with Crippen LogP contribution in [0.25, 0.3) is 0 Å². The van der Waals surface area contributed by atoms with Gasteiger partial charge in [0, 0.05) is 45.4 Å². The second kappa shape index (κ2) is 5.26. The molecule has 1 amide bonds. The van der Waals surface area contributed by atoms with E-state index in [2.05, 4.69) is 10.4 Å². The minimum Gasteiger partial charge on any atom is -0.383 e. The number of aryl methyl sites for hydroxylation is 1. The van der Waals surface area contributed by atoms with E-state index < -0.39 is 0 Å². The normalized spacial score (nSPS) is 17.0. The lowest BCUT2D eigenvalue weighted by molar-refractivity contribution is -0.114. The Balaban J connectivity index is 2.34. The van der Waals surface area contributed by atoms with Crippen LogP contribution in [0.3, 0.4) is 0 Å². The molecule has 1 aliphatic rings. The maximum absolute atomic E-state index is 12.4. The van der Waals surface area contributed by atoms with Crippen LogP contribution in [0.1, 0.15) is 30.3 Å². The van der Waals surface area contributed by atoms with Crippen LogP contribution >= 0.6 is 0 Å². The number of nitrogens with one attached hydrogen (secondary N) is 1. The molecule has 6 heteroatoms. The maximum atomic E-state index is 12.4. The van der Waals surface area contributed by atoms with Gasteiger partial charge in [-0.3, -0.25) is 14.3 Å². The van der Waals surface area contributed by atoms with Crippen molar-refractivity contribution in [1.82, 2.24) is 14.7 Å². The van der Waals surface area contributed by atoms with Crippen LogP contribution < -0.4 is 5.32 Å². The van der Waals surface area contributed by atoms with E-state index in [0.717, 1.165) is 18.4 Å². The van der Waals surface area contributed by atoms with E-state index in [0.29, 0.717) is 18.1 Å². The van der Waals surface area contributed by atoms with E-state index >= 15 is 0 Å². The van der Waals surface area contributed by atoms with Gasteiger partial charge < -0.3 is 10.2 Å². The Morgan fingerprint density at radius 3 is 2.89 bits per heavy atom. The molecule has 0 unspecified atom stereocenters. The zero-order valence-electron chi connectivity index (χ0n) is 11.4. The van der Waals surface area contributed by atoms with Crippen LogP contribution in [0.2, 0.25) is 0 Å². The standard InChI is InChI=1S/C13H18N4O2/c1-9(18)14-12-7-11-13(19)10(8-16(2)3)5-4-6-17(11)15-12/h7-8H,4-6H2,1-3H3,(H,14,15,18). The number of amides is 1. The molecule has 0 saturated carbocycles. The molecule has 0 aliphatic carbocycles. The van der Waals surface area contributed by atoms with Crippen molar-refractivity contribution in [3.63, 3.8) is 0 Å². The van der Waals surface area contributed by atoms with Crippen molar-refractivity contribution in [2.24, 2.45) is 0 Å². The highest BCUT2D eigenvalue weighted by Crippen LogP contribution is 2.22. The lowest BCUT2D eigenvalue weighted by Crippen LogP contribution is -2.11. The predicted octanol–water partition coefficient (Wildman–Crippen LogP) is 1.26. The average molecular weight is 262 g/mol. The number of nitrogens with zero attached hydrogens (tertiary/aromatic N) is 3. The van der Waals surface area contributed by atoms with Crippen LogP contribution in [0.4, 0.5) is 5.82 Å². The second-order valence-corrected chi connectivity index (χ2v) is 4.87. The monoisotopic (exact) mass is 262 g/mol. The second-order valence-electron chi connectivity index (χ2n) is 4.87. The highest BCUT2D eigenvalue weighted by atomic mass is 16.1. The average Bonchev–Trinajstić information content (AvgIpc) is 2.62. The first-order valence-electron chi connectivity index (χ1n) is 6.24. The Morgan fingerprint density at radius 1 is 1.53 bits per heavy atom. The maximum Gasteiger partial charge on any atom is 0.222 e. The summed E-state index contributed by atoms with van der Waals surface area (Å²) in [7, 11) is 3.79. The van der Waals surface area contributed by atoms with E-state index in [-0.39, 0.29) is 11.7 Å². The van der Waals surface area contributed by atoms with E-state index in [1.165, 1.54) is 6.92 Å². The van der Waals surface area contributed by atoms with Crippen LogP contribution in [0.5, 0.6) is 0 Å². The molecule has 19 heavy (non-hydrogen) atoms. The molecular weight excluding hydrogens is 244 g/mol. The van der Waals surface area contributed by atoms with Crippen molar-refractivity contribution in [2.45, 2.75) is 26.3 Å². The number of carbonyl (C=O) groups excluding carboxylic acids is 2. The van der Waals surface area contributed by atoms with E-state index in [9.17, 15) is 9.59 Å². The van der Waals surface area contributed by atoms with E-state index in [1.807, 2.05) is 25.2 Å². The lowest BCUT2D eigenvalue weighted by Gasteiger charge is -2.08. The fourth-order valence-corrected chi connectivity index (χ4v) is 2.14. The number of carbonyl (C=O) groups is 2. The van der Waals surface area contributed by atoms with Crippen LogP contribution in [-0.4, -0.2) is 40.5 Å². The third-order valence-corrected chi connectivity index (χ3v) is 2.84. The van der Waals surface area contributed by atoms with E-state index in [4.69, 9.17) is 0 Å². The largest absolute Gasteiger partial charge is 0.383 e. The predicted molar refractivity (Wildman–Crippen MR) is 71.9 cm³/mol. The highest BCUT2D eigenvalue weighted by molar-refractivity contribution is 6.08. The number of Topliss-reactive ketones (excluding diaryl/α,β-unsaturated/α-hetero) is 1. The van der Waals surface area contributed by atoms with Crippen molar-refractivity contribution in [2.75, 3.05) is 19.4 Å². The van der Waals surface area contributed by atoms with Gasteiger partial charge in [0.1, 0.15) is 5.69 Å². The molecule has 1 aromatic heterocycles. The molecule has 2 heterocycles. The molecule has 0 bridgehead atoms. The van der Waals surface area contributed by atoms with Gasteiger partial charge in [0.05, 0.1) is 0 Å². The Kier molecular flexibility index (Phi) is 3.69. The summed E-state index contributed by atoms with van der Waals surface area (Å²) in [5.41, 5.74) is 1.31. The molecular formula is C13H18N4O2. The molecule has 102 valence electrons. The molecule has 1 N–H and O–H groups in total. The number of fused-ring (bicyclic) bond motifs is 1. The summed E-state index contributed by atoms with van der Waals surface area (Å²) in [5, 5.41) is 6.84. The van der Waals surface area contributed by atoms with Gasteiger partial charge in [-0.1, -0.05) is 0 Å². The van der Waals surface area contributed by atoms with E-state index in [1.54, 1.807) is 10.7 Å². The topological polar surface area (TPSA) is 67.2 Å². The first kappa shape index (κ1) is 13.3.